The number of hydrogen-bond acceptors (Lipinski definition) is 4. The second-order valence-electron chi connectivity index (χ2n) is 6.22. The zero-order valence-electron chi connectivity index (χ0n) is 12.3. The van der Waals surface area contributed by atoms with Crippen molar-refractivity contribution in [2.75, 3.05) is 24.5 Å². The molecule has 0 bridgehead atoms. The Labute approximate surface area is 128 Å². The summed E-state index contributed by atoms with van der Waals surface area (Å²) in [5.41, 5.74) is 0.573. The van der Waals surface area contributed by atoms with Gasteiger partial charge in [-0.15, -0.1) is 0 Å². The fourth-order valence-electron chi connectivity index (χ4n) is 4.07. The van der Waals surface area contributed by atoms with Crippen LogP contribution < -0.4 is 4.90 Å². The van der Waals surface area contributed by atoms with E-state index in [0.29, 0.717) is 6.54 Å². The number of H-pyrrole nitrogens is 1. The molecule has 2 aromatic heterocycles. The average Bonchev–Trinajstić information content (AvgIpc) is 3.14. The molecule has 4 heterocycles. The van der Waals surface area contributed by atoms with E-state index in [0.717, 1.165) is 55.6 Å². The van der Waals surface area contributed by atoms with Crippen molar-refractivity contribution in [3.8, 4) is 0 Å². The van der Waals surface area contributed by atoms with Gasteiger partial charge in [-0.25, -0.2) is 14.8 Å². The number of fused-ring (bicyclic) bond motifs is 1. The van der Waals surface area contributed by atoms with Gasteiger partial charge in [0.05, 0.1) is 10.9 Å². The number of hydrogen-bond donors (Lipinski definition) is 2. The van der Waals surface area contributed by atoms with Gasteiger partial charge in [0.25, 0.3) is 0 Å². The second kappa shape index (κ2) is 4.86. The Morgan fingerprint density at radius 3 is 2.91 bits per heavy atom. The number of piperidine rings is 1. The van der Waals surface area contributed by atoms with Crippen LogP contribution >= 0.6 is 0 Å². The zero-order chi connectivity index (χ0) is 15.2. The lowest BCUT2D eigenvalue weighted by Gasteiger charge is -2.45. The number of amides is 1. The van der Waals surface area contributed by atoms with Gasteiger partial charge >= 0.3 is 6.09 Å². The molecule has 7 nitrogen and oxygen atoms in total. The molecule has 0 aromatic carbocycles. The minimum absolute atomic E-state index is 0.252. The summed E-state index contributed by atoms with van der Waals surface area (Å²) >= 11 is 0. The predicted octanol–water partition coefficient (Wildman–Crippen LogP) is 2.07. The molecule has 1 unspecified atom stereocenters. The molecular formula is C15H19N5O2. The number of carboxylic acid groups (broad SMARTS) is 1. The van der Waals surface area contributed by atoms with Crippen molar-refractivity contribution in [2.24, 2.45) is 0 Å². The molecule has 2 aliphatic rings. The van der Waals surface area contributed by atoms with Crippen molar-refractivity contribution >= 4 is 22.9 Å². The van der Waals surface area contributed by atoms with Crippen molar-refractivity contribution in [1.29, 1.82) is 0 Å². The van der Waals surface area contributed by atoms with Crippen molar-refractivity contribution in [3.05, 3.63) is 18.6 Å². The Kier molecular flexibility index (Phi) is 2.95. The molecule has 2 saturated heterocycles. The Balaban J connectivity index is 1.69. The van der Waals surface area contributed by atoms with Gasteiger partial charge in [0.2, 0.25) is 0 Å². The largest absolute Gasteiger partial charge is 0.465 e. The number of nitrogens with zero attached hydrogens (tertiary/aromatic N) is 4. The Hall–Kier alpha value is -2.31. The van der Waals surface area contributed by atoms with Crippen LogP contribution in [0.1, 0.15) is 25.7 Å². The van der Waals surface area contributed by atoms with E-state index in [1.807, 2.05) is 12.3 Å². The van der Waals surface area contributed by atoms with Gasteiger partial charge in [0, 0.05) is 25.8 Å². The average molecular weight is 301 g/mol. The van der Waals surface area contributed by atoms with Crippen LogP contribution in [0.15, 0.2) is 18.6 Å². The molecule has 7 heteroatoms. The number of anilines is 1. The summed E-state index contributed by atoms with van der Waals surface area (Å²) in [7, 11) is 0. The lowest BCUT2D eigenvalue weighted by Crippen LogP contribution is -2.57. The van der Waals surface area contributed by atoms with Crippen LogP contribution in [0.2, 0.25) is 0 Å². The van der Waals surface area contributed by atoms with Crippen molar-refractivity contribution < 1.29 is 9.90 Å². The summed E-state index contributed by atoms with van der Waals surface area (Å²) in [6.07, 6.45) is 6.45. The maximum absolute atomic E-state index is 11.6. The fraction of sp³-hybridized carbons (Fsp3) is 0.533. The lowest BCUT2D eigenvalue weighted by molar-refractivity contribution is 0.0922. The van der Waals surface area contributed by atoms with Gasteiger partial charge in [-0.2, -0.15) is 0 Å². The SMILES string of the molecule is O=C(O)N1CCCC12CCCN(c1ncnc3[nH]ccc13)C2. The first-order valence-electron chi connectivity index (χ1n) is 7.73. The minimum Gasteiger partial charge on any atom is -0.465 e. The van der Waals surface area contributed by atoms with Crippen LogP contribution in [0, 0.1) is 0 Å². The van der Waals surface area contributed by atoms with Crippen LogP contribution in [0.25, 0.3) is 11.0 Å². The molecule has 2 aliphatic heterocycles. The summed E-state index contributed by atoms with van der Waals surface area (Å²) in [4.78, 5) is 27.2. The molecular weight excluding hydrogens is 282 g/mol. The summed E-state index contributed by atoms with van der Waals surface area (Å²) in [6, 6.07) is 1.98. The summed E-state index contributed by atoms with van der Waals surface area (Å²) in [5, 5.41) is 10.5. The highest BCUT2D eigenvalue weighted by Gasteiger charge is 2.46. The summed E-state index contributed by atoms with van der Waals surface area (Å²) in [5.74, 6) is 0.905. The third-order valence-corrected chi connectivity index (χ3v) is 5.02. The van der Waals surface area contributed by atoms with E-state index in [4.69, 9.17) is 0 Å². The molecule has 1 atom stereocenters. The van der Waals surface area contributed by atoms with Crippen LogP contribution in [0.4, 0.5) is 10.6 Å². The number of nitrogens with one attached hydrogen (secondary N) is 1. The van der Waals surface area contributed by atoms with Crippen LogP contribution in [-0.4, -0.2) is 56.2 Å². The molecule has 2 fully saturated rings. The third kappa shape index (κ3) is 1.92. The Morgan fingerprint density at radius 1 is 1.27 bits per heavy atom. The molecule has 4 rings (SSSR count). The quantitative estimate of drug-likeness (QED) is 0.842. The Bertz CT molecular complexity index is 715. The van der Waals surface area contributed by atoms with E-state index in [1.54, 1.807) is 11.2 Å². The maximum Gasteiger partial charge on any atom is 0.407 e. The maximum atomic E-state index is 11.6. The number of carbonyl (C=O) groups is 1. The molecule has 1 spiro atoms. The molecule has 2 N–H and O–H groups in total. The van der Waals surface area contributed by atoms with E-state index in [2.05, 4.69) is 19.9 Å². The van der Waals surface area contributed by atoms with Crippen molar-refractivity contribution in [3.63, 3.8) is 0 Å². The zero-order valence-corrected chi connectivity index (χ0v) is 12.3. The van der Waals surface area contributed by atoms with Gasteiger partial charge in [-0.3, -0.25) is 0 Å². The van der Waals surface area contributed by atoms with Gasteiger partial charge in [0.1, 0.15) is 17.8 Å². The molecule has 22 heavy (non-hydrogen) atoms. The topological polar surface area (TPSA) is 85.3 Å². The molecule has 1 amide bonds. The second-order valence-corrected chi connectivity index (χ2v) is 6.22. The molecule has 2 aromatic rings. The monoisotopic (exact) mass is 301 g/mol. The number of likely N-dealkylation sites (tertiary alicyclic amines) is 1. The summed E-state index contributed by atoms with van der Waals surface area (Å²) in [6.45, 7) is 2.27. The Morgan fingerprint density at radius 2 is 2.09 bits per heavy atom. The smallest absolute Gasteiger partial charge is 0.407 e. The van der Waals surface area contributed by atoms with Crippen molar-refractivity contribution in [2.45, 2.75) is 31.2 Å². The standard InChI is InChI=1S/C15H19N5O2/c21-14(22)20-8-2-5-15(20)4-1-7-19(9-15)13-11-3-6-16-12(11)17-10-18-13/h3,6,10H,1-2,4-5,7-9H2,(H,21,22)(H,16,17,18). The highest BCUT2D eigenvalue weighted by atomic mass is 16.4. The van der Waals surface area contributed by atoms with E-state index in [1.165, 1.54) is 0 Å². The molecule has 0 saturated carbocycles. The van der Waals surface area contributed by atoms with E-state index in [-0.39, 0.29) is 5.54 Å². The molecule has 0 aliphatic carbocycles. The van der Waals surface area contributed by atoms with E-state index < -0.39 is 6.09 Å². The van der Waals surface area contributed by atoms with Gasteiger partial charge in [-0.1, -0.05) is 0 Å². The summed E-state index contributed by atoms with van der Waals surface area (Å²) < 4.78 is 0. The van der Waals surface area contributed by atoms with E-state index >= 15 is 0 Å². The van der Waals surface area contributed by atoms with Crippen molar-refractivity contribution in [1.82, 2.24) is 19.9 Å². The van der Waals surface area contributed by atoms with Gasteiger partial charge in [0.15, 0.2) is 0 Å². The minimum atomic E-state index is -0.797. The first kappa shape index (κ1) is 13.4. The van der Waals surface area contributed by atoms with Crippen LogP contribution in [0.5, 0.6) is 0 Å². The normalized spacial score (nSPS) is 25.3. The van der Waals surface area contributed by atoms with Gasteiger partial charge < -0.3 is 19.9 Å². The fourth-order valence-corrected chi connectivity index (χ4v) is 4.07. The predicted molar refractivity (Wildman–Crippen MR) is 82.0 cm³/mol. The first-order valence-corrected chi connectivity index (χ1v) is 7.73. The third-order valence-electron chi connectivity index (χ3n) is 5.02. The van der Waals surface area contributed by atoms with E-state index in [9.17, 15) is 9.90 Å². The number of rotatable bonds is 1. The number of aromatic amines is 1. The molecule has 116 valence electrons. The highest BCUT2D eigenvalue weighted by molar-refractivity contribution is 5.87. The highest BCUT2D eigenvalue weighted by Crippen LogP contribution is 2.39. The van der Waals surface area contributed by atoms with Crippen LogP contribution in [-0.2, 0) is 0 Å². The van der Waals surface area contributed by atoms with Crippen LogP contribution in [0.3, 0.4) is 0 Å². The number of aromatic nitrogens is 3. The lowest BCUT2D eigenvalue weighted by atomic mass is 9.86. The molecule has 0 radical (unpaired) electrons. The van der Waals surface area contributed by atoms with Gasteiger partial charge in [-0.05, 0) is 31.7 Å². The first-order chi connectivity index (χ1) is 10.7.